The number of unbranched alkanes of at least 4 members (excludes halogenated alkanes) is 1. The van der Waals surface area contributed by atoms with Crippen LogP contribution in [0.1, 0.15) is 19.8 Å². The molecule has 0 bridgehead atoms. The van der Waals surface area contributed by atoms with Gasteiger partial charge in [0.2, 0.25) is 0 Å². The fourth-order valence-corrected chi connectivity index (χ4v) is 3.26. The number of benzene rings is 1. The molecular weight excluding hydrogens is 405 g/mol. The van der Waals surface area contributed by atoms with Crippen LogP contribution in [0.2, 0.25) is 0 Å². The van der Waals surface area contributed by atoms with Gasteiger partial charge in [0.05, 0.1) is 10.9 Å². The second-order valence-electron chi connectivity index (χ2n) is 5.10. The Labute approximate surface area is 147 Å². The lowest BCUT2D eigenvalue weighted by atomic mass is 10.1. The van der Waals surface area contributed by atoms with E-state index in [1.54, 1.807) is 6.20 Å². The summed E-state index contributed by atoms with van der Waals surface area (Å²) < 4.78 is 2.14. The van der Waals surface area contributed by atoms with E-state index in [9.17, 15) is 4.79 Å². The van der Waals surface area contributed by atoms with Gasteiger partial charge in [-0.1, -0.05) is 43.7 Å². The highest BCUT2D eigenvalue weighted by molar-refractivity contribution is 14.1. The van der Waals surface area contributed by atoms with E-state index < -0.39 is 0 Å². The summed E-state index contributed by atoms with van der Waals surface area (Å²) in [6.45, 7) is 2.56. The third-order valence-corrected chi connectivity index (χ3v) is 4.64. The maximum absolute atomic E-state index is 13.0. The molecule has 0 aliphatic carbocycles. The molecule has 3 rings (SSSR count). The van der Waals surface area contributed by atoms with Gasteiger partial charge < -0.3 is 4.84 Å². The largest absolute Gasteiger partial charge is 0.409 e. The molecule has 0 saturated carbocycles. The van der Waals surface area contributed by atoms with Crippen molar-refractivity contribution in [1.82, 2.24) is 14.7 Å². The summed E-state index contributed by atoms with van der Waals surface area (Å²) in [4.78, 5) is 27.0. The molecule has 3 aromatic rings. The topological polar surface area (TPSA) is 57.0 Å². The van der Waals surface area contributed by atoms with Gasteiger partial charge in [-0.25, -0.2) is 9.97 Å². The summed E-state index contributed by atoms with van der Waals surface area (Å²) in [5.41, 5.74) is 1.79. The highest BCUT2D eigenvalue weighted by Gasteiger charge is 2.18. The molecule has 1 aromatic carbocycles. The van der Waals surface area contributed by atoms with Crippen LogP contribution in [0.3, 0.4) is 0 Å². The lowest BCUT2D eigenvalue weighted by Crippen LogP contribution is -2.30. The lowest BCUT2D eigenvalue weighted by molar-refractivity contribution is 0.108. The average Bonchev–Trinajstić information content (AvgIpc) is 2.59. The van der Waals surface area contributed by atoms with E-state index in [2.05, 4.69) is 39.5 Å². The number of pyridine rings is 1. The zero-order chi connectivity index (χ0) is 16.2. The molecule has 0 fully saturated rings. The monoisotopic (exact) mass is 421 g/mol. The standard InChI is InChI=1S/C17H16IN3O2/c1-2-3-9-23-21-16-13(10-19-11-20-16)15(18)14(17(21)22)12-7-5-4-6-8-12/h4-8,10-11H,2-3,9H2,1H3. The first-order valence-corrected chi connectivity index (χ1v) is 8.54. The van der Waals surface area contributed by atoms with Crippen LogP contribution in [0.25, 0.3) is 22.2 Å². The van der Waals surface area contributed by atoms with Crippen LogP contribution in [0.5, 0.6) is 0 Å². The molecule has 0 N–H and O–H groups in total. The Hall–Kier alpha value is -1.96. The maximum atomic E-state index is 13.0. The van der Waals surface area contributed by atoms with Crippen LogP contribution < -0.4 is 10.4 Å². The van der Waals surface area contributed by atoms with Crippen LogP contribution >= 0.6 is 22.6 Å². The number of halogens is 1. The third-order valence-electron chi connectivity index (χ3n) is 3.52. The van der Waals surface area contributed by atoms with Gasteiger partial charge in [0.25, 0.3) is 5.56 Å². The summed E-state index contributed by atoms with van der Waals surface area (Å²) in [7, 11) is 0. The highest BCUT2D eigenvalue weighted by atomic mass is 127. The number of fused-ring (bicyclic) bond motifs is 1. The first-order valence-electron chi connectivity index (χ1n) is 7.47. The van der Waals surface area contributed by atoms with Gasteiger partial charge in [-0.05, 0) is 34.6 Å². The fourth-order valence-electron chi connectivity index (χ4n) is 2.34. The number of hydrogen-bond acceptors (Lipinski definition) is 4. The molecule has 2 heterocycles. The Kier molecular flexibility index (Phi) is 4.90. The van der Waals surface area contributed by atoms with Crippen molar-refractivity contribution in [2.45, 2.75) is 19.8 Å². The lowest BCUT2D eigenvalue weighted by Gasteiger charge is -2.14. The van der Waals surface area contributed by atoms with Gasteiger partial charge in [0.1, 0.15) is 12.9 Å². The Bertz CT molecular complexity index is 878. The van der Waals surface area contributed by atoms with Crippen molar-refractivity contribution in [3.8, 4) is 11.1 Å². The van der Waals surface area contributed by atoms with E-state index in [4.69, 9.17) is 4.84 Å². The Balaban J connectivity index is 2.26. The minimum atomic E-state index is -0.192. The van der Waals surface area contributed by atoms with Gasteiger partial charge in [-0.15, -0.1) is 4.73 Å². The molecule has 0 amide bonds. The van der Waals surface area contributed by atoms with Gasteiger partial charge in [-0.3, -0.25) is 4.79 Å². The molecule has 0 saturated heterocycles. The van der Waals surface area contributed by atoms with Gasteiger partial charge in [-0.2, -0.15) is 0 Å². The molecule has 0 spiro atoms. The summed E-state index contributed by atoms with van der Waals surface area (Å²) in [6.07, 6.45) is 5.03. The quantitative estimate of drug-likeness (QED) is 0.469. The predicted molar refractivity (Wildman–Crippen MR) is 98.3 cm³/mol. The first-order chi connectivity index (χ1) is 11.2. The molecule has 0 radical (unpaired) electrons. The van der Waals surface area contributed by atoms with Crippen LogP contribution in [-0.4, -0.2) is 21.3 Å². The van der Waals surface area contributed by atoms with E-state index in [-0.39, 0.29) is 5.56 Å². The van der Waals surface area contributed by atoms with Gasteiger partial charge >= 0.3 is 0 Å². The molecule has 0 unspecified atom stereocenters. The predicted octanol–water partition coefficient (Wildman–Crippen LogP) is 3.29. The van der Waals surface area contributed by atoms with Gasteiger partial charge in [0.15, 0.2) is 5.65 Å². The van der Waals surface area contributed by atoms with Crippen molar-refractivity contribution < 1.29 is 4.84 Å². The minimum absolute atomic E-state index is 0.192. The third kappa shape index (κ3) is 3.08. The van der Waals surface area contributed by atoms with Crippen molar-refractivity contribution in [3.63, 3.8) is 0 Å². The average molecular weight is 421 g/mol. The summed E-state index contributed by atoms with van der Waals surface area (Å²) in [5, 5.41) is 0.808. The van der Waals surface area contributed by atoms with Crippen molar-refractivity contribution in [1.29, 1.82) is 0 Å². The number of nitrogens with zero attached hydrogens (tertiary/aromatic N) is 3. The van der Waals surface area contributed by atoms with E-state index in [1.165, 1.54) is 11.1 Å². The van der Waals surface area contributed by atoms with Gasteiger partial charge in [0, 0.05) is 9.77 Å². The van der Waals surface area contributed by atoms with Crippen molar-refractivity contribution in [3.05, 3.63) is 56.8 Å². The van der Waals surface area contributed by atoms with Crippen molar-refractivity contribution in [2.75, 3.05) is 6.61 Å². The molecule has 0 atom stereocenters. The smallest absolute Gasteiger partial charge is 0.294 e. The molecule has 23 heavy (non-hydrogen) atoms. The summed E-state index contributed by atoms with van der Waals surface area (Å²) in [6, 6.07) is 9.60. The van der Waals surface area contributed by atoms with Crippen molar-refractivity contribution in [2.24, 2.45) is 0 Å². The van der Waals surface area contributed by atoms with Crippen LogP contribution in [0, 0.1) is 3.57 Å². The summed E-state index contributed by atoms with van der Waals surface area (Å²) in [5.74, 6) is 0. The molecular formula is C17H16IN3O2. The highest BCUT2D eigenvalue weighted by Crippen LogP contribution is 2.26. The zero-order valence-corrected chi connectivity index (χ0v) is 14.9. The molecule has 0 aliphatic heterocycles. The first kappa shape index (κ1) is 15.9. The second-order valence-corrected chi connectivity index (χ2v) is 6.18. The molecule has 118 valence electrons. The zero-order valence-electron chi connectivity index (χ0n) is 12.7. The normalized spacial score (nSPS) is 10.9. The van der Waals surface area contributed by atoms with E-state index in [0.717, 1.165) is 27.4 Å². The minimum Gasteiger partial charge on any atom is -0.409 e. The number of rotatable bonds is 5. The Morgan fingerprint density at radius 1 is 1.26 bits per heavy atom. The second kappa shape index (κ2) is 7.08. The summed E-state index contributed by atoms with van der Waals surface area (Å²) >= 11 is 2.18. The molecule has 5 nitrogen and oxygen atoms in total. The molecule has 0 aliphatic rings. The van der Waals surface area contributed by atoms with Crippen LogP contribution in [0.4, 0.5) is 0 Å². The molecule has 6 heteroatoms. The Morgan fingerprint density at radius 3 is 2.78 bits per heavy atom. The van der Waals surface area contributed by atoms with Crippen LogP contribution in [-0.2, 0) is 0 Å². The van der Waals surface area contributed by atoms with E-state index >= 15 is 0 Å². The van der Waals surface area contributed by atoms with E-state index in [1.807, 2.05) is 30.3 Å². The SMILES string of the molecule is CCCCOn1c(=O)c(-c2ccccc2)c(I)c2cncnc21. The van der Waals surface area contributed by atoms with Crippen LogP contribution in [0.15, 0.2) is 47.7 Å². The number of aromatic nitrogens is 3. The fraction of sp³-hybridized carbons (Fsp3) is 0.235. The van der Waals surface area contributed by atoms with E-state index in [0.29, 0.717) is 17.8 Å². The molecule has 2 aromatic heterocycles. The Morgan fingerprint density at radius 2 is 2.04 bits per heavy atom. The number of hydrogen-bond donors (Lipinski definition) is 0. The van der Waals surface area contributed by atoms with Crippen molar-refractivity contribution >= 4 is 33.6 Å². The maximum Gasteiger partial charge on any atom is 0.294 e.